The van der Waals surface area contributed by atoms with Gasteiger partial charge in [-0.3, -0.25) is 4.79 Å². The number of carbonyl (C=O) groups excluding carboxylic acids is 1. The van der Waals surface area contributed by atoms with Crippen LogP contribution in [-0.4, -0.2) is 5.91 Å². The summed E-state index contributed by atoms with van der Waals surface area (Å²) in [5, 5.41) is 12.0. The van der Waals surface area contributed by atoms with E-state index in [4.69, 9.17) is 5.26 Å². The maximum atomic E-state index is 12.5. The van der Waals surface area contributed by atoms with E-state index in [0.717, 1.165) is 12.0 Å². The van der Waals surface area contributed by atoms with Crippen molar-refractivity contribution in [3.63, 3.8) is 0 Å². The van der Waals surface area contributed by atoms with Crippen LogP contribution in [0, 0.1) is 17.2 Å². The zero-order chi connectivity index (χ0) is 15.9. The summed E-state index contributed by atoms with van der Waals surface area (Å²) in [5.74, 6) is 0.322. The Kier molecular flexibility index (Phi) is 5.32. The number of amides is 1. The number of benzene rings is 2. The molecule has 2 rings (SSSR count). The van der Waals surface area contributed by atoms with Crippen LogP contribution in [0.25, 0.3) is 0 Å². The molecule has 0 saturated carbocycles. The van der Waals surface area contributed by atoms with Gasteiger partial charge in [-0.1, -0.05) is 50.2 Å². The van der Waals surface area contributed by atoms with E-state index in [2.05, 4.69) is 25.2 Å². The largest absolute Gasteiger partial charge is 0.345 e. The van der Waals surface area contributed by atoms with Crippen LogP contribution in [0.3, 0.4) is 0 Å². The zero-order valence-electron chi connectivity index (χ0n) is 12.9. The van der Waals surface area contributed by atoms with Gasteiger partial charge >= 0.3 is 0 Å². The monoisotopic (exact) mass is 292 g/mol. The molecule has 22 heavy (non-hydrogen) atoms. The van der Waals surface area contributed by atoms with Gasteiger partial charge in [-0.05, 0) is 36.1 Å². The highest BCUT2D eigenvalue weighted by atomic mass is 16.1. The highest BCUT2D eigenvalue weighted by Gasteiger charge is 2.17. The molecule has 1 amide bonds. The third-order valence-electron chi connectivity index (χ3n) is 3.47. The van der Waals surface area contributed by atoms with E-state index in [1.54, 1.807) is 24.3 Å². The van der Waals surface area contributed by atoms with Crippen molar-refractivity contribution in [2.24, 2.45) is 5.92 Å². The summed E-state index contributed by atoms with van der Waals surface area (Å²) in [6.07, 6.45) is 0.869. The summed E-state index contributed by atoms with van der Waals surface area (Å²) in [6.45, 7) is 4.27. The van der Waals surface area contributed by atoms with E-state index in [9.17, 15) is 4.79 Å². The summed E-state index contributed by atoms with van der Waals surface area (Å²) < 4.78 is 0. The average molecular weight is 292 g/mol. The second-order valence-corrected chi connectivity index (χ2v) is 5.76. The summed E-state index contributed by atoms with van der Waals surface area (Å²) in [6, 6.07) is 18.8. The molecule has 112 valence electrons. The van der Waals surface area contributed by atoms with E-state index in [1.807, 2.05) is 30.3 Å². The highest BCUT2D eigenvalue weighted by Crippen LogP contribution is 2.21. The first kappa shape index (κ1) is 15.8. The molecule has 0 heterocycles. The Balaban J connectivity index is 2.19. The van der Waals surface area contributed by atoms with Gasteiger partial charge in [-0.15, -0.1) is 0 Å². The Morgan fingerprint density at radius 3 is 2.50 bits per heavy atom. The molecular weight excluding hydrogens is 272 g/mol. The first-order valence-corrected chi connectivity index (χ1v) is 7.46. The van der Waals surface area contributed by atoms with E-state index >= 15 is 0 Å². The number of nitrogens with one attached hydrogen (secondary N) is 1. The lowest BCUT2D eigenvalue weighted by atomic mass is 9.96. The predicted molar refractivity (Wildman–Crippen MR) is 87.3 cm³/mol. The molecule has 1 atom stereocenters. The van der Waals surface area contributed by atoms with Crippen molar-refractivity contribution in [2.45, 2.75) is 26.3 Å². The number of rotatable bonds is 5. The van der Waals surface area contributed by atoms with Gasteiger partial charge < -0.3 is 5.32 Å². The number of carbonyl (C=O) groups is 1. The summed E-state index contributed by atoms with van der Waals surface area (Å²) in [7, 11) is 0. The smallest absolute Gasteiger partial charge is 0.251 e. The van der Waals surface area contributed by atoms with Gasteiger partial charge in [-0.2, -0.15) is 5.26 Å². The normalized spacial score (nSPS) is 11.7. The molecule has 0 aliphatic carbocycles. The Morgan fingerprint density at radius 1 is 1.14 bits per heavy atom. The molecular formula is C19H20N2O. The lowest BCUT2D eigenvalue weighted by Gasteiger charge is -2.21. The van der Waals surface area contributed by atoms with Crippen LogP contribution in [0.4, 0.5) is 0 Å². The maximum Gasteiger partial charge on any atom is 0.251 e. The van der Waals surface area contributed by atoms with Crippen molar-refractivity contribution >= 4 is 5.91 Å². The van der Waals surface area contributed by atoms with Gasteiger partial charge in [0.15, 0.2) is 0 Å². The SMILES string of the molecule is CC(C)C[C@@H](NC(=O)c1cccc(C#N)c1)c1ccccc1. The van der Waals surface area contributed by atoms with Crippen molar-refractivity contribution in [2.75, 3.05) is 0 Å². The van der Waals surface area contributed by atoms with E-state index < -0.39 is 0 Å². The molecule has 3 nitrogen and oxygen atoms in total. The van der Waals surface area contributed by atoms with Crippen molar-refractivity contribution < 1.29 is 4.79 Å². The van der Waals surface area contributed by atoms with Crippen LogP contribution in [0.15, 0.2) is 54.6 Å². The molecule has 0 unspecified atom stereocenters. The summed E-state index contributed by atoms with van der Waals surface area (Å²) in [4.78, 5) is 12.5. The molecule has 0 radical (unpaired) electrons. The Bertz CT molecular complexity index is 671. The van der Waals surface area contributed by atoms with Crippen molar-refractivity contribution in [3.05, 3.63) is 71.3 Å². The number of hydrogen-bond acceptors (Lipinski definition) is 2. The van der Waals surface area contributed by atoms with Crippen LogP contribution in [0.5, 0.6) is 0 Å². The van der Waals surface area contributed by atoms with Crippen LogP contribution >= 0.6 is 0 Å². The topological polar surface area (TPSA) is 52.9 Å². The van der Waals surface area contributed by atoms with Crippen molar-refractivity contribution in [1.82, 2.24) is 5.32 Å². The molecule has 3 heteroatoms. The molecule has 0 saturated heterocycles. The Labute approximate surface area is 131 Å². The quantitative estimate of drug-likeness (QED) is 0.903. The third kappa shape index (κ3) is 4.20. The fourth-order valence-corrected chi connectivity index (χ4v) is 2.41. The molecule has 0 aromatic heterocycles. The van der Waals surface area contributed by atoms with E-state index in [0.29, 0.717) is 17.0 Å². The molecule has 2 aromatic carbocycles. The first-order chi connectivity index (χ1) is 10.6. The van der Waals surface area contributed by atoms with Gasteiger partial charge in [0.1, 0.15) is 0 Å². The average Bonchev–Trinajstić information content (AvgIpc) is 2.54. The van der Waals surface area contributed by atoms with E-state index in [1.165, 1.54) is 0 Å². The van der Waals surface area contributed by atoms with Crippen molar-refractivity contribution in [3.8, 4) is 6.07 Å². The Morgan fingerprint density at radius 2 is 1.86 bits per heavy atom. The van der Waals surface area contributed by atoms with Gasteiger partial charge in [0.05, 0.1) is 17.7 Å². The molecule has 1 N–H and O–H groups in total. The summed E-state index contributed by atoms with van der Waals surface area (Å²) >= 11 is 0. The van der Waals surface area contributed by atoms with Gasteiger partial charge in [-0.25, -0.2) is 0 Å². The maximum absolute atomic E-state index is 12.5. The third-order valence-corrected chi connectivity index (χ3v) is 3.47. The lowest BCUT2D eigenvalue weighted by Crippen LogP contribution is -2.29. The molecule has 0 aliphatic heterocycles. The van der Waals surface area contributed by atoms with E-state index in [-0.39, 0.29) is 11.9 Å². The minimum atomic E-state index is -0.147. The minimum absolute atomic E-state index is 0.0283. The van der Waals surface area contributed by atoms with Gasteiger partial charge in [0.2, 0.25) is 0 Å². The number of hydrogen-bond donors (Lipinski definition) is 1. The lowest BCUT2D eigenvalue weighted by molar-refractivity contribution is 0.0932. The second kappa shape index (κ2) is 7.42. The zero-order valence-corrected chi connectivity index (χ0v) is 12.9. The molecule has 0 spiro atoms. The Hall–Kier alpha value is -2.60. The number of nitrogens with zero attached hydrogens (tertiary/aromatic N) is 1. The summed E-state index contributed by atoms with van der Waals surface area (Å²) in [5.41, 5.74) is 2.11. The second-order valence-electron chi connectivity index (χ2n) is 5.76. The fourth-order valence-electron chi connectivity index (χ4n) is 2.41. The van der Waals surface area contributed by atoms with Crippen molar-refractivity contribution in [1.29, 1.82) is 5.26 Å². The molecule has 0 fully saturated rings. The molecule has 0 bridgehead atoms. The minimum Gasteiger partial charge on any atom is -0.345 e. The van der Waals surface area contributed by atoms with Crippen LogP contribution in [0.1, 0.15) is 47.8 Å². The van der Waals surface area contributed by atoms with Gasteiger partial charge in [0, 0.05) is 5.56 Å². The molecule has 2 aromatic rings. The van der Waals surface area contributed by atoms with Crippen LogP contribution in [0.2, 0.25) is 0 Å². The first-order valence-electron chi connectivity index (χ1n) is 7.46. The van der Waals surface area contributed by atoms with Crippen LogP contribution in [-0.2, 0) is 0 Å². The fraction of sp³-hybridized carbons (Fsp3) is 0.263. The molecule has 0 aliphatic rings. The highest BCUT2D eigenvalue weighted by molar-refractivity contribution is 5.94. The van der Waals surface area contributed by atoms with Crippen LogP contribution < -0.4 is 5.32 Å². The van der Waals surface area contributed by atoms with Gasteiger partial charge in [0.25, 0.3) is 5.91 Å². The predicted octanol–water partition coefficient (Wildman–Crippen LogP) is 4.08. The standard InChI is InChI=1S/C19H20N2O/c1-14(2)11-18(16-8-4-3-5-9-16)21-19(22)17-10-6-7-15(12-17)13-20/h3-10,12,14,18H,11H2,1-2H3,(H,21,22)/t18-/m1/s1. The number of nitriles is 1.